The van der Waals surface area contributed by atoms with Crippen molar-refractivity contribution in [3.8, 4) is 0 Å². The van der Waals surface area contributed by atoms with Gasteiger partial charge in [-0.05, 0) is 0 Å². The van der Waals surface area contributed by atoms with Crippen LogP contribution in [0.1, 0.15) is 6.92 Å². The van der Waals surface area contributed by atoms with Crippen LogP contribution in [0.15, 0.2) is 6.08 Å². The molecule has 0 aliphatic heterocycles. The summed E-state index contributed by atoms with van der Waals surface area (Å²) in [5, 5.41) is 0. The first kappa shape index (κ1) is 7.70. The van der Waals surface area contributed by atoms with Gasteiger partial charge in [-0.2, -0.15) is 0 Å². The molecule has 0 heterocycles. The normalized spacial score (nSPS) is 18.1. The first-order chi connectivity index (χ1) is 3.18. The van der Waals surface area contributed by atoms with E-state index in [9.17, 15) is 0 Å². The molecule has 0 aromatic carbocycles. The molecular formula is C5H7Br2. The third-order valence-corrected chi connectivity index (χ3v) is 3.00. The van der Waals surface area contributed by atoms with Crippen molar-refractivity contribution >= 4 is 31.9 Å². The van der Waals surface area contributed by atoms with Gasteiger partial charge in [0.15, 0.2) is 0 Å². The molecule has 0 saturated heterocycles. The van der Waals surface area contributed by atoms with Gasteiger partial charge >= 0.3 is 0 Å². The fourth-order valence-electron chi connectivity index (χ4n) is 0.153. The number of allylic oxidation sites excluding steroid dienone is 1. The number of hydrogen-bond acceptors (Lipinski definition) is 0. The highest BCUT2D eigenvalue weighted by atomic mass is 79.9. The average molecular weight is 227 g/mol. The third kappa shape index (κ3) is 3.30. The van der Waals surface area contributed by atoms with E-state index in [2.05, 4.69) is 31.9 Å². The summed E-state index contributed by atoms with van der Waals surface area (Å²) in [5.74, 6) is 0. The fourth-order valence-corrected chi connectivity index (χ4v) is 0.329. The zero-order valence-electron chi connectivity index (χ0n) is 4.07. The zero-order chi connectivity index (χ0) is 5.86. The first-order valence-electron chi connectivity index (χ1n) is 2.01. The molecule has 0 bridgehead atoms. The van der Waals surface area contributed by atoms with Crippen molar-refractivity contribution in [1.82, 2.24) is 0 Å². The predicted octanol–water partition coefficient (Wildman–Crippen LogP) is 2.52. The van der Waals surface area contributed by atoms with Gasteiger partial charge in [-0.25, -0.2) is 0 Å². The number of alkyl halides is 2. The lowest BCUT2D eigenvalue weighted by atomic mass is 10.3. The van der Waals surface area contributed by atoms with E-state index in [0.29, 0.717) is 4.83 Å². The van der Waals surface area contributed by atoms with Crippen molar-refractivity contribution in [3.63, 3.8) is 0 Å². The Morgan fingerprint density at radius 2 is 2.00 bits per heavy atom. The molecule has 0 amide bonds. The van der Waals surface area contributed by atoms with Crippen LogP contribution in [-0.4, -0.2) is 9.65 Å². The molecule has 0 aliphatic rings. The molecule has 2 heteroatoms. The van der Waals surface area contributed by atoms with Gasteiger partial charge in [0.25, 0.3) is 0 Å². The van der Waals surface area contributed by atoms with Gasteiger partial charge in [0.2, 0.25) is 0 Å². The summed E-state index contributed by atoms with van der Waals surface area (Å²) >= 11 is 6.66. The Morgan fingerprint density at radius 3 is 2.00 bits per heavy atom. The highest BCUT2D eigenvalue weighted by Crippen LogP contribution is 2.13. The van der Waals surface area contributed by atoms with Crippen molar-refractivity contribution < 1.29 is 0 Å². The van der Waals surface area contributed by atoms with Crippen LogP contribution in [-0.2, 0) is 0 Å². The molecule has 1 radical (unpaired) electrons. The van der Waals surface area contributed by atoms with Gasteiger partial charge in [0.1, 0.15) is 0 Å². The Balaban J connectivity index is 3.33. The summed E-state index contributed by atoms with van der Waals surface area (Å²) in [7, 11) is 0. The number of rotatable bonds is 2. The van der Waals surface area contributed by atoms with E-state index in [0.717, 1.165) is 0 Å². The van der Waals surface area contributed by atoms with Gasteiger partial charge in [-0.15, -0.1) is 0 Å². The molecule has 0 aliphatic carbocycles. The Morgan fingerprint density at radius 1 is 1.57 bits per heavy atom. The van der Waals surface area contributed by atoms with Crippen LogP contribution in [0.4, 0.5) is 0 Å². The Hall–Kier alpha value is 0.700. The van der Waals surface area contributed by atoms with E-state index >= 15 is 0 Å². The maximum atomic E-state index is 5.17. The Kier molecular flexibility index (Phi) is 4.04. The summed E-state index contributed by atoms with van der Waals surface area (Å²) in [4.78, 5) is 0.699. The Bertz CT molecular complexity index is 59.1. The molecule has 0 aromatic heterocycles. The highest BCUT2D eigenvalue weighted by Gasteiger charge is 2.03. The third-order valence-electron chi connectivity index (χ3n) is 0.623. The van der Waals surface area contributed by atoms with Gasteiger partial charge < -0.3 is 0 Å². The molecule has 7 heavy (non-hydrogen) atoms. The van der Waals surface area contributed by atoms with E-state index in [1.54, 1.807) is 6.08 Å². The monoisotopic (exact) mass is 225 g/mol. The molecule has 0 N–H and O–H groups in total. The van der Waals surface area contributed by atoms with Gasteiger partial charge in [0, 0.05) is 9.65 Å². The fraction of sp³-hybridized carbons (Fsp3) is 0.600. The van der Waals surface area contributed by atoms with E-state index < -0.39 is 0 Å². The van der Waals surface area contributed by atoms with E-state index in [1.807, 2.05) is 6.92 Å². The predicted molar refractivity (Wildman–Crippen MR) is 40.0 cm³/mol. The summed E-state index contributed by atoms with van der Waals surface area (Å²) in [5.41, 5.74) is 0. The smallest absolute Gasteiger partial charge is 0.0451 e. The van der Waals surface area contributed by atoms with E-state index in [4.69, 9.17) is 6.58 Å². The molecule has 0 aromatic rings. The van der Waals surface area contributed by atoms with Crippen LogP contribution in [0.2, 0.25) is 0 Å². The minimum absolute atomic E-state index is 0.285. The van der Waals surface area contributed by atoms with E-state index in [-0.39, 0.29) is 4.83 Å². The summed E-state index contributed by atoms with van der Waals surface area (Å²) in [6.45, 7) is 7.20. The average Bonchev–Trinajstić information content (AvgIpc) is 1.65. The van der Waals surface area contributed by atoms with Crippen LogP contribution >= 0.6 is 31.9 Å². The maximum Gasteiger partial charge on any atom is 0.0451 e. The first-order valence-corrected chi connectivity index (χ1v) is 3.85. The molecule has 2 unspecified atom stereocenters. The lowest BCUT2D eigenvalue weighted by Gasteiger charge is -2.03. The lowest BCUT2D eigenvalue weighted by Crippen LogP contribution is -2.04. The summed E-state index contributed by atoms with van der Waals surface area (Å²) in [6.07, 6.45) is 1.61. The van der Waals surface area contributed by atoms with Crippen molar-refractivity contribution in [2.75, 3.05) is 0 Å². The van der Waals surface area contributed by atoms with Crippen molar-refractivity contribution in [1.29, 1.82) is 0 Å². The minimum Gasteiger partial charge on any atom is -0.0878 e. The van der Waals surface area contributed by atoms with Crippen molar-refractivity contribution in [3.05, 3.63) is 12.7 Å². The number of hydrogen-bond donors (Lipinski definition) is 0. The Labute approximate surface area is 61.2 Å². The van der Waals surface area contributed by atoms with Crippen LogP contribution in [0.3, 0.4) is 0 Å². The van der Waals surface area contributed by atoms with Gasteiger partial charge in [0.05, 0.1) is 0 Å². The highest BCUT2D eigenvalue weighted by molar-refractivity contribution is 9.12. The van der Waals surface area contributed by atoms with Gasteiger partial charge in [-0.1, -0.05) is 51.4 Å². The molecule has 0 spiro atoms. The second-order valence-corrected chi connectivity index (χ2v) is 3.82. The van der Waals surface area contributed by atoms with Gasteiger partial charge in [-0.3, -0.25) is 0 Å². The standard InChI is InChI=1S/C5H7Br2/c1-3-5(7)4(2)6/h1,3-5H,2H3. The molecular weight excluding hydrogens is 220 g/mol. The lowest BCUT2D eigenvalue weighted by molar-refractivity contribution is 1.04. The minimum atomic E-state index is 0.285. The van der Waals surface area contributed by atoms with E-state index in [1.165, 1.54) is 0 Å². The van der Waals surface area contributed by atoms with Crippen LogP contribution < -0.4 is 0 Å². The molecule has 0 fully saturated rings. The second kappa shape index (κ2) is 3.67. The molecule has 0 rings (SSSR count). The SMILES string of the molecule is [CH]=CC(Br)C(C)Br. The zero-order valence-corrected chi connectivity index (χ0v) is 7.24. The second-order valence-electron chi connectivity index (χ2n) is 1.31. The summed E-state index contributed by atoms with van der Waals surface area (Å²) in [6, 6.07) is 0. The van der Waals surface area contributed by atoms with Crippen LogP contribution in [0, 0.1) is 6.58 Å². The molecule has 2 atom stereocenters. The topological polar surface area (TPSA) is 0 Å². The molecule has 41 valence electrons. The quantitative estimate of drug-likeness (QED) is 0.635. The van der Waals surface area contributed by atoms with Crippen LogP contribution in [0.25, 0.3) is 0 Å². The van der Waals surface area contributed by atoms with Crippen molar-refractivity contribution in [2.45, 2.75) is 16.6 Å². The largest absolute Gasteiger partial charge is 0.0878 e. The maximum absolute atomic E-state index is 5.17. The molecule has 0 saturated carbocycles. The summed E-state index contributed by atoms with van der Waals surface area (Å²) < 4.78 is 0. The van der Waals surface area contributed by atoms with Crippen LogP contribution in [0.5, 0.6) is 0 Å². The number of halogens is 2. The molecule has 0 nitrogen and oxygen atoms in total. The van der Waals surface area contributed by atoms with Crippen molar-refractivity contribution in [2.24, 2.45) is 0 Å².